The van der Waals surface area contributed by atoms with Crippen LogP contribution in [-0.4, -0.2) is 45.8 Å². The number of hydrogen-bond acceptors (Lipinski definition) is 5. The van der Waals surface area contributed by atoms with Crippen LogP contribution >= 0.6 is 0 Å². The maximum atomic E-state index is 11.8. The average Bonchev–Trinajstić information content (AvgIpc) is 2.29. The van der Waals surface area contributed by atoms with Crippen LogP contribution in [0.5, 0.6) is 0 Å². The highest BCUT2D eigenvalue weighted by Crippen LogP contribution is 2.30. The first-order chi connectivity index (χ1) is 11.3. The zero-order valence-electron chi connectivity index (χ0n) is 18.7. The molecule has 0 spiro atoms. The summed E-state index contributed by atoms with van der Waals surface area (Å²) in [6, 6.07) is 0.663. The number of ether oxygens (including phenoxy) is 1. The third kappa shape index (κ3) is 12.4. The van der Waals surface area contributed by atoms with Crippen molar-refractivity contribution in [2.24, 2.45) is 0 Å². The van der Waals surface area contributed by atoms with E-state index in [2.05, 4.69) is 65.5 Å². The third-order valence-corrected chi connectivity index (χ3v) is 14.9. The van der Waals surface area contributed by atoms with E-state index >= 15 is 0 Å². The van der Waals surface area contributed by atoms with Crippen LogP contribution in [0.3, 0.4) is 0 Å². The van der Waals surface area contributed by atoms with Gasteiger partial charge in [-0.2, -0.15) is 0 Å². The van der Waals surface area contributed by atoms with Gasteiger partial charge in [0.25, 0.3) is 0 Å². The molecule has 1 atom stereocenters. The van der Waals surface area contributed by atoms with Gasteiger partial charge in [0.2, 0.25) is 0 Å². The summed E-state index contributed by atoms with van der Waals surface area (Å²) in [6.07, 6.45) is 0.428. The molecule has 26 heavy (non-hydrogen) atoms. The second kappa shape index (κ2) is 9.44. The molecular weight excluding hydrogens is 397 g/mol. The second-order valence-corrected chi connectivity index (χ2v) is 26.9. The van der Waals surface area contributed by atoms with E-state index in [1.165, 1.54) is 0 Å². The zero-order chi connectivity index (χ0) is 21.0. The van der Waals surface area contributed by atoms with Crippen molar-refractivity contribution in [2.45, 2.75) is 91.3 Å². The Hall–Kier alpha value is -0.0425. The van der Waals surface area contributed by atoms with Gasteiger partial charge in [0, 0.05) is 11.6 Å². The quantitative estimate of drug-likeness (QED) is 0.247. The summed E-state index contributed by atoms with van der Waals surface area (Å²) >= 11 is 0. The number of carbonyl (C=O) groups excluding carboxylic acids is 1. The molecule has 0 amide bonds. The van der Waals surface area contributed by atoms with Crippen LogP contribution in [0.2, 0.25) is 65.0 Å². The highest BCUT2D eigenvalue weighted by molar-refractivity contribution is 6.90. The maximum absolute atomic E-state index is 11.8. The Morgan fingerprint density at radius 2 is 1.19 bits per heavy atom. The Kier molecular flexibility index (Phi) is 9.42. The molecule has 9 heteroatoms. The molecule has 0 N–H and O–H groups in total. The predicted octanol–water partition coefficient (Wildman–Crippen LogP) is 5.38. The monoisotopic (exact) mass is 436 g/mol. The van der Waals surface area contributed by atoms with Gasteiger partial charge in [-0.15, -0.1) is 0 Å². The van der Waals surface area contributed by atoms with Crippen LogP contribution in [0.4, 0.5) is 0 Å². The fourth-order valence-electron chi connectivity index (χ4n) is 2.34. The zero-order valence-corrected chi connectivity index (χ0v) is 22.7. The van der Waals surface area contributed by atoms with Crippen molar-refractivity contribution in [3.63, 3.8) is 0 Å². The smallest absolute Gasteiger partial charge is 0.459 e. The van der Waals surface area contributed by atoms with E-state index < -0.39 is 33.8 Å². The molecule has 0 rings (SSSR count). The van der Waals surface area contributed by atoms with Gasteiger partial charge in [-0.1, -0.05) is 6.58 Å². The topological polar surface area (TPSA) is 54.0 Å². The molecule has 0 bridgehead atoms. The Morgan fingerprint density at radius 1 is 0.846 bits per heavy atom. The number of hydrogen-bond donors (Lipinski definition) is 0. The van der Waals surface area contributed by atoms with E-state index in [4.69, 9.17) is 17.1 Å². The summed E-state index contributed by atoms with van der Waals surface area (Å²) in [6.45, 7) is 26.7. The SMILES string of the molecule is C=C(C)C(=O)OC(C)CC[Si](O[Si](C)(C)C)(O[Si](C)(C)C)O[Si](C)(C)C. The van der Waals surface area contributed by atoms with Crippen molar-refractivity contribution in [3.8, 4) is 0 Å². The molecule has 0 aromatic heterocycles. The lowest BCUT2D eigenvalue weighted by Gasteiger charge is -2.43. The van der Waals surface area contributed by atoms with E-state index in [9.17, 15) is 4.79 Å². The van der Waals surface area contributed by atoms with Crippen molar-refractivity contribution in [1.29, 1.82) is 0 Å². The lowest BCUT2D eigenvalue weighted by molar-refractivity contribution is -0.143. The van der Waals surface area contributed by atoms with Crippen molar-refractivity contribution < 1.29 is 21.9 Å². The minimum atomic E-state index is -2.87. The van der Waals surface area contributed by atoms with Crippen LogP contribution in [0, 0.1) is 0 Å². The highest BCUT2D eigenvalue weighted by Gasteiger charge is 2.49. The molecule has 154 valence electrons. The molecule has 0 aliphatic carbocycles. The molecule has 0 fully saturated rings. The van der Waals surface area contributed by atoms with Gasteiger partial charge in [-0.3, -0.25) is 0 Å². The van der Waals surface area contributed by atoms with Crippen molar-refractivity contribution in [3.05, 3.63) is 12.2 Å². The Balaban J connectivity index is 5.50. The molecule has 1 unspecified atom stereocenters. The fraction of sp³-hybridized carbons (Fsp3) is 0.824. The fourth-order valence-corrected chi connectivity index (χ4v) is 17.1. The number of carbonyl (C=O) groups is 1. The molecular formula is C17H40O5Si4. The summed E-state index contributed by atoms with van der Waals surface area (Å²) in [5, 5.41) is 0. The molecule has 0 saturated heterocycles. The summed E-state index contributed by atoms with van der Waals surface area (Å²) in [5.41, 5.74) is 0.412. The van der Waals surface area contributed by atoms with Gasteiger partial charge in [0.05, 0.1) is 6.10 Å². The predicted molar refractivity (Wildman–Crippen MR) is 119 cm³/mol. The Morgan fingerprint density at radius 3 is 1.46 bits per heavy atom. The highest BCUT2D eigenvalue weighted by atomic mass is 28.5. The summed E-state index contributed by atoms with van der Waals surface area (Å²) in [4.78, 5) is 11.8. The molecule has 0 radical (unpaired) electrons. The Bertz CT molecular complexity index is 448. The van der Waals surface area contributed by atoms with Gasteiger partial charge in [0.15, 0.2) is 25.0 Å². The maximum Gasteiger partial charge on any atom is 0.469 e. The standard InChI is InChI=1S/C17H40O5Si4/c1-15(2)17(18)19-16(3)13-14-26(20-23(4,5)6,21-24(7,8)9)22-25(10,11)12/h16H,1,13-14H2,2-12H3. The van der Waals surface area contributed by atoms with Gasteiger partial charge < -0.3 is 17.1 Å². The van der Waals surface area contributed by atoms with E-state index in [0.717, 1.165) is 0 Å². The average molecular weight is 437 g/mol. The first kappa shape index (κ1) is 26.0. The normalized spacial score (nSPS) is 14.9. The largest absolute Gasteiger partial charge is 0.469 e. The van der Waals surface area contributed by atoms with Crippen molar-refractivity contribution >= 4 is 39.7 Å². The molecule has 0 aromatic rings. The van der Waals surface area contributed by atoms with Crippen LogP contribution in [0.1, 0.15) is 20.3 Å². The summed E-state index contributed by atoms with van der Waals surface area (Å²) in [5.74, 6) is -0.354. The summed E-state index contributed by atoms with van der Waals surface area (Å²) in [7, 11) is -8.51. The third-order valence-electron chi connectivity index (χ3n) is 2.90. The van der Waals surface area contributed by atoms with Gasteiger partial charge in [0.1, 0.15) is 0 Å². The molecule has 0 aliphatic heterocycles. The lowest BCUT2D eigenvalue weighted by Crippen LogP contribution is -2.60. The van der Waals surface area contributed by atoms with Crippen LogP contribution in [-0.2, 0) is 21.9 Å². The van der Waals surface area contributed by atoms with Gasteiger partial charge in [-0.05, 0) is 79.2 Å². The van der Waals surface area contributed by atoms with E-state index in [1.807, 2.05) is 6.92 Å². The van der Waals surface area contributed by atoms with Crippen LogP contribution in [0.15, 0.2) is 12.2 Å². The molecule has 0 aromatic carbocycles. The number of rotatable bonds is 11. The summed E-state index contributed by atoms with van der Waals surface area (Å²) < 4.78 is 25.3. The van der Waals surface area contributed by atoms with Crippen molar-refractivity contribution in [2.75, 3.05) is 0 Å². The minimum absolute atomic E-state index is 0.230. The molecule has 0 aliphatic rings. The Labute approximate surface area is 165 Å². The number of esters is 1. The second-order valence-electron chi connectivity index (χ2n) is 9.86. The van der Waals surface area contributed by atoms with Crippen LogP contribution < -0.4 is 0 Å². The van der Waals surface area contributed by atoms with E-state index in [-0.39, 0.29) is 12.1 Å². The minimum Gasteiger partial charge on any atom is -0.459 e. The first-order valence-electron chi connectivity index (χ1n) is 9.31. The van der Waals surface area contributed by atoms with E-state index in [0.29, 0.717) is 18.0 Å². The lowest BCUT2D eigenvalue weighted by atomic mass is 10.3. The van der Waals surface area contributed by atoms with E-state index in [1.54, 1.807) is 6.92 Å². The first-order valence-corrected chi connectivity index (χ1v) is 21.5. The van der Waals surface area contributed by atoms with Gasteiger partial charge in [-0.25, -0.2) is 4.79 Å². The molecule has 5 nitrogen and oxygen atoms in total. The molecule has 0 saturated carbocycles. The van der Waals surface area contributed by atoms with Crippen LogP contribution in [0.25, 0.3) is 0 Å². The molecule has 0 heterocycles. The van der Waals surface area contributed by atoms with Gasteiger partial charge >= 0.3 is 14.8 Å². The van der Waals surface area contributed by atoms with Crippen molar-refractivity contribution in [1.82, 2.24) is 0 Å².